The predicted molar refractivity (Wildman–Crippen MR) is 47.1 cm³/mol. The van der Waals surface area contributed by atoms with Gasteiger partial charge >= 0.3 is 6.03 Å². The fraction of sp³-hybridized carbons (Fsp3) is 0.778. The van der Waals surface area contributed by atoms with Gasteiger partial charge in [-0.3, -0.25) is 9.69 Å². The van der Waals surface area contributed by atoms with E-state index in [9.17, 15) is 9.59 Å². The van der Waals surface area contributed by atoms with Crippen LogP contribution in [0.4, 0.5) is 4.79 Å². The molecular weight excluding hydrogens is 168 g/mol. The molecule has 0 aromatic rings. The fourth-order valence-electron chi connectivity index (χ4n) is 1.67. The smallest absolute Gasteiger partial charge is 0.324 e. The Kier molecular flexibility index (Phi) is 1.62. The first-order chi connectivity index (χ1) is 5.99. The number of carbonyl (C=O) groups excluding carboxylic acids is 2. The predicted octanol–water partition coefficient (Wildman–Crippen LogP) is 0.869. The quantitative estimate of drug-likeness (QED) is 0.654. The Morgan fingerprint density at radius 2 is 2.00 bits per heavy atom. The highest BCUT2D eigenvalue weighted by molar-refractivity contribution is 5.98. The minimum absolute atomic E-state index is 0.0312. The van der Waals surface area contributed by atoms with Gasteiger partial charge in [0.15, 0.2) is 0 Å². The van der Waals surface area contributed by atoms with Gasteiger partial charge in [-0.15, -0.1) is 0 Å². The maximum absolute atomic E-state index is 11.6. The second-order valence-electron chi connectivity index (χ2n) is 4.49. The van der Waals surface area contributed by atoms with Gasteiger partial charge in [0.1, 0.15) is 0 Å². The van der Waals surface area contributed by atoms with Crippen LogP contribution in [-0.4, -0.2) is 28.4 Å². The van der Waals surface area contributed by atoms with Gasteiger partial charge in [-0.1, -0.05) is 0 Å². The lowest BCUT2D eigenvalue weighted by atomic mass is 9.98. The van der Waals surface area contributed by atoms with Crippen LogP contribution < -0.4 is 5.32 Å². The molecular formula is C9H14N2O2. The molecule has 1 saturated heterocycles. The summed E-state index contributed by atoms with van der Waals surface area (Å²) in [6.07, 6.45) is 2.36. The molecule has 0 unspecified atom stereocenters. The van der Waals surface area contributed by atoms with Gasteiger partial charge in [-0.05, 0) is 26.7 Å². The summed E-state index contributed by atoms with van der Waals surface area (Å²) in [7, 11) is 0. The van der Waals surface area contributed by atoms with Crippen LogP contribution in [0, 0.1) is 0 Å². The van der Waals surface area contributed by atoms with Crippen molar-refractivity contribution in [2.45, 2.75) is 44.7 Å². The zero-order valence-corrected chi connectivity index (χ0v) is 7.96. The Balaban J connectivity index is 2.15. The first kappa shape index (κ1) is 8.53. The van der Waals surface area contributed by atoms with E-state index in [1.165, 1.54) is 4.90 Å². The second-order valence-corrected chi connectivity index (χ2v) is 4.49. The van der Waals surface area contributed by atoms with Crippen LogP contribution in [0.3, 0.4) is 0 Å². The van der Waals surface area contributed by atoms with Crippen LogP contribution in [0.1, 0.15) is 33.1 Å². The van der Waals surface area contributed by atoms with E-state index in [-0.39, 0.29) is 23.5 Å². The summed E-state index contributed by atoms with van der Waals surface area (Å²) in [4.78, 5) is 24.4. The van der Waals surface area contributed by atoms with Gasteiger partial charge in [0, 0.05) is 18.0 Å². The summed E-state index contributed by atoms with van der Waals surface area (Å²) in [5.41, 5.74) is -0.375. The number of hydrogen-bond acceptors (Lipinski definition) is 2. The fourth-order valence-corrected chi connectivity index (χ4v) is 1.67. The first-order valence-corrected chi connectivity index (χ1v) is 4.64. The SMILES string of the molecule is CC1(C)CC(=O)N(C2CC2)C(=O)N1. The Morgan fingerprint density at radius 1 is 1.38 bits per heavy atom. The molecule has 2 aliphatic rings. The van der Waals surface area contributed by atoms with E-state index in [0.29, 0.717) is 6.42 Å². The van der Waals surface area contributed by atoms with Crippen LogP contribution in [-0.2, 0) is 4.79 Å². The zero-order chi connectivity index (χ0) is 9.64. The summed E-state index contributed by atoms with van der Waals surface area (Å²) < 4.78 is 0. The van der Waals surface area contributed by atoms with Crippen molar-refractivity contribution in [3.8, 4) is 0 Å². The lowest BCUT2D eigenvalue weighted by Gasteiger charge is -2.36. The lowest BCUT2D eigenvalue weighted by Crippen LogP contribution is -2.59. The molecule has 2 rings (SSSR count). The molecule has 0 spiro atoms. The number of rotatable bonds is 1. The lowest BCUT2D eigenvalue weighted by molar-refractivity contribution is -0.131. The van der Waals surface area contributed by atoms with E-state index in [0.717, 1.165) is 12.8 Å². The van der Waals surface area contributed by atoms with E-state index in [2.05, 4.69) is 5.32 Å². The summed E-state index contributed by atoms with van der Waals surface area (Å²) >= 11 is 0. The average molecular weight is 182 g/mol. The number of amides is 3. The minimum Gasteiger partial charge on any atom is -0.332 e. The molecule has 1 aliphatic heterocycles. The van der Waals surface area contributed by atoms with E-state index in [1.807, 2.05) is 13.8 Å². The van der Waals surface area contributed by atoms with Gasteiger partial charge in [-0.25, -0.2) is 4.79 Å². The number of nitrogens with one attached hydrogen (secondary N) is 1. The van der Waals surface area contributed by atoms with Gasteiger partial charge < -0.3 is 5.32 Å². The van der Waals surface area contributed by atoms with E-state index in [4.69, 9.17) is 0 Å². The van der Waals surface area contributed by atoms with Crippen LogP contribution in [0.25, 0.3) is 0 Å². The molecule has 0 aromatic heterocycles. The van der Waals surface area contributed by atoms with Crippen molar-refractivity contribution in [1.29, 1.82) is 0 Å². The van der Waals surface area contributed by atoms with Crippen molar-refractivity contribution in [3.63, 3.8) is 0 Å². The Morgan fingerprint density at radius 3 is 2.46 bits per heavy atom. The molecule has 1 aliphatic carbocycles. The molecule has 0 radical (unpaired) electrons. The molecule has 1 saturated carbocycles. The molecule has 1 heterocycles. The van der Waals surface area contributed by atoms with Crippen LogP contribution in [0.5, 0.6) is 0 Å². The van der Waals surface area contributed by atoms with Crippen molar-refractivity contribution in [2.75, 3.05) is 0 Å². The summed E-state index contributed by atoms with van der Waals surface area (Å²) in [6.45, 7) is 3.74. The average Bonchev–Trinajstić information content (AvgIpc) is 2.65. The molecule has 2 fully saturated rings. The molecule has 4 nitrogen and oxygen atoms in total. The third-order valence-corrected chi connectivity index (χ3v) is 2.44. The number of hydrogen-bond donors (Lipinski definition) is 1. The maximum atomic E-state index is 11.6. The third kappa shape index (κ3) is 1.53. The molecule has 13 heavy (non-hydrogen) atoms. The molecule has 72 valence electrons. The van der Waals surface area contributed by atoms with Crippen LogP contribution in [0.15, 0.2) is 0 Å². The topological polar surface area (TPSA) is 49.4 Å². The van der Waals surface area contributed by atoms with Crippen molar-refractivity contribution >= 4 is 11.9 Å². The number of imide groups is 1. The molecule has 1 N–H and O–H groups in total. The Hall–Kier alpha value is -1.06. The van der Waals surface area contributed by atoms with Crippen molar-refractivity contribution in [3.05, 3.63) is 0 Å². The second kappa shape index (κ2) is 2.47. The summed E-state index contributed by atoms with van der Waals surface area (Å²) in [6, 6.07) is -0.0349. The van der Waals surface area contributed by atoms with Crippen LogP contribution >= 0.6 is 0 Å². The number of nitrogens with zero attached hydrogens (tertiary/aromatic N) is 1. The number of carbonyl (C=O) groups is 2. The summed E-state index contributed by atoms with van der Waals surface area (Å²) in [5, 5.41) is 2.82. The van der Waals surface area contributed by atoms with Gasteiger partial charge in [0.05, 0.1) is 0 Å². The Bertz CT molecular complexity index is 249. The third-order valence-electron chi connectivity index (χ3n) is 2.44. The van der Waals surface area contributed by atoms with Gasteiger partial charge in [0.25, 0.3) is 0 Å². The standard InChI is InChI=1S/C9H14N2O2/c1-9(2)5-7(12)11(6-3-4-6)8(13)10-9/h6H,3-5H2,1-2H3,(H,10,13). The van der Waals surface area contributed by atoms with Crippen molar-refractivity contribution in [2.24, 2.45) is 0 Å². The Labute approximate surface area is 77.3 Å². The maximum Gasteiger partial charge on any atom is 0.324 e. The van der Waals surface area contributed by atoms with Crippen LogP contribution in [0.2, 0.25) is 0 Å². The molecule has 3 amide bonds. The van der Waals surface area contributed by atoms with E-state index in [1.54, 1.807) is 0 Å². The van der Waals surface area contributed by atoms with Crippen molar-refractivity contribution < 1.29 is 9.59 Å². The van der Waals surface area contributed by atoms with Gasteiger partial charge in [-0.2, -0.15) is 0 Å². The van der Waals surface area contributed by atoms with E-state index >= 15 is 0 Å². The molecule has 0 bridgehead atoms. The normalized spacial score (nSPS) is 27.4. The highest BCUT2D eigenvalue weighted by Gasteiger charge is 2.43. The molecule has 4 heteroatoms. The molecule has 0 aromatic carbocycles. The van der Waals surface area contributed by atoms with Gasteiger partial charge in [0.2, 0.25) is 5.91 Å². The zero-order valence-electron chi connectivity index (χ0n) is 7.96. The highest BCUT2D eigenvalue weighted by atomic mass is 16.2. The summed E-state index contributed by atoms with van der Waals surface area (Å²) in [5.74, 6) is -0.0312. The molecule has 0 atom stereocenters. The largest absolute Gasteiger partial charge is 0.332 e. The number of urea groups is 1. The minimum atomic E-state index is -0.375. The monoisotopic (exact) mass is 182 g/mol. The first-order valence-electron chi connectivity index (χ1n) is 4.64. The highest BCUT2D eigenvalue weighted by Crippen LogP contribution is 2.30. The van der Waals surface area contributed by atoms with Crippen molar-refractivity contribution in [1.82, 2.24) is 10.2 Å². The van der Waals surface area contributed by atoms with E-state index < -0.39 is 0 Å².